The van der Waals surface area contributed by atoms with Crippen molar-refractivity contribution in [3.05, 3.63) is 0 Å². The normalized spacial score (nSPS) is 26.1. The molecule has 0 saturated heterocycles. The van der Waals surface area contributed by atoms with Crippen LogP contribution in [-0.2, 0) is 9.53 Å². The molecular formula is C14H26N2O4. The first-order valence-electron chi connectivity index (χ1n) is 7.20. The van der Waals surface area contributed by atoms with E-state index >= 15 is 0 Å². The first-order chi connectivity index (χ1) is 9.43. The lowest BCUT2D eigenvalue weighted by Gasteiger charge is -2.33. The van der Waals surface area contributed by atoms with Crippen molar-refractivity contribution in [2.45, 2.75) is 39.2 Å². The third-order valence-corrected chi connectivity index (χ3v) is 4.10. The van der Waals surface area contributed by atoms with Gasteiger partial charge >= 0.3 is 12.0 Å². The number of carbonyl (C=O) groups excluding carboxylic acids is 1. The maximum Gasteiger partial charge on any atom is 0.323 e. The molecule has 6 heteroatoms. The molecule has 1 fully saturated rings. The minimum absolute atomic E-state index is 0.146. The van der Waals surface area contributed by atoms with Gasteiger partial charge in [0, 0.05) is 19.7 Å². The van der Waals surface area contributed by atoms with Crippen LogP contribution < -0.4 is 5.32 Å². The van der Waals surface area contributed by atoms with E-state index in [9.17, 15) is 9.59 Å². The maximum atomic E-state index is 12.1. The molecule has 1 aliphatic rings. The molecule has 0 bridgehead atoms. The largest absolute Gasteiger partial charge is 0.480 e. The van der Waals surface area contributed by atoms with Crippen molar-refractivity contribution in [1.82, 2.24) is 10.2 Å². The lowest BCUT2D eigenvalue weighted by Crippen LogP contribution is -2.49. The number of nitrogens with one attached hydrogen (secondary N) is 1. The van der Waals surface area contributed by atoms with Gasteiger partial charge in [0.05, 0.1) is 6.61 Å². The number of rotatable bonds is 6. The molecule has 2 amide bonds. The summed E-state index contributed by atoms with van der Waals surface area (Å²) in [6, 6.07) is -0.163. The molecule has 3 atom stereocenters. The molecule has 3 unspecified atom stereocenters. The molecule has 0 heterocycles. The fourth-order valence-corrected chi connectivity index (χ4v) is 2.56. The Morgan fingerprint density at radius 1 is 1.30 bits per heavy atom. The van der Waals surface area contributed by atoms with Crippen LogP contribution >= 0.6 is 0 Å². The van der Waals surface area contributed by atoms with Crippen LogP contribution in [0.5, 0.6) is 0 Å². The summed E-state index contributed by atoms with van der Waals surface area (Å²) in [6.07, 6.45) is 3.02. The van der Waals surface area contributed by atoms with Crippen molar-refractivity contribution in [2.24, 2.45) is 11.8 Å². The first kappa shape index (κ1) is 16.8. The Kier molecular flexibility index (Phi) is 6.78. The molecule has 0 aliphatic heterocycles. The highest BCUT2D eigenvalue weighted by Crippen LogP contribution is 2.29. The summed E-state index contributed by atoms with van der Waals surface area (Å²) in [5.74, 6) is 0.259. The van der Waals surface area contributed by atoms with Crippen LogP contribution in [0.4, 0.5) is 4.79 Å². The van der Waals surface area contributed by atoms with Crippen LogP contribution in [0.15, 0.2) is 0 Å². The van der Waals surface area contributed by atoms with E-state index in [0.717, 1.165) is 19.3 Å². The van der Waals surface area contributed by atoms with Gasteiger partial charge in [0.15, 0.2) is 0 Å². The molecule has 0 radical (unpaired) electrons. The van der Waals surface area contributed by atoms with Crippen molar-refractivity contribution in [2.75, 3.05) is 26.8 Å². The second-order valence-electron chi connectivity index (χ2n) is 5.72. The SMILES string of the molecule is COCCN(CC(=O)O)C(=O)NC1CCC(C)C(C)C1. The standard InChI is InChI=1S/C14H26N2O4/c1-10-4-5-12(8-11(10)2)15-14(19)16(6-7-20-3)9-13(17)18/h10-12H,4-9H2,1-3H3,(H,15,19)(H,17,18). The topological polar surface area (TPSA) is 78.9 Å². The van der Waals surface area contributed by atoms with Gasteiger partial charge in [-0.1, -0.05) is 13.8 Å². The van der Waals surface area contributed by atoms with Crippen molar-refractivity contribution in [3.8, 4) is 0 Å². The molecule has 1 aliphatic carbocycles. The molecule has 116 valence electrons. The third-order valence-electron chi connectivity index (χ3n) is 4.10. The number of nitrogens with zero attached hydrogens (tertiary/aromatic N) is 1. The summed E-state index contributed by atoms with van der Waals surface area (Å²) in [5, 5.41) is 11.8. The average Bonchev–Trinajstić information content (AvgIpc) is 2.38. The van der Waals surface area contributed by atoms with E-state index in [1.54, 1.807) is 0 Å². The molecule has 20 heavy (non-hydrogen) atoms. The quantitative estimate of drug-likeness (QED) is 0.776. The van der Waals surface area contributed by atoms with Crippen molar-refractivity contribution < 1.29 is 19.4 Å². The lowest BCUT2D eigenvalue weighted by molar-refractivity contribution is -0.137. The Morgan fingerprint density at radius 2 is 2.00 bits per heavy atom. The second kappa shape index (κ2) is 8.09. The first-order valence-corrected chi connectivity index (χ1v) is 7.20. The number of ether oxygens (including phenoxy) is 1. The van der Waals surface area contributed by atoms with E-state index in [2.05, 4.69) is 19.2 Å². The van der Waals surface area contributed by atoms with E-state index in [-0.39, 0.29) is 25.2 Å². The van der Waals surface area contributed by atoms with Gasteiger partial charge < -0.3 is 20.1 Å². The Labute approximate surface area is 120 Å². The zero-order valence-corrected chi connectivity index (χ0v) is 12.6. The number of carboxylic acids is 1. The van der Waals surface area contributed by atoms with Gasteiger partial charge in [-0.25, -0.2) is 4.79 Å². The Morgan fingerprint density at radius 3 is 2.55 bits per heavy atom. The number of hydrogen-bond acceptors (Lipinski definition) is 3. The van der Waals surface area contributed by atoms with Gasteiger partial charge in [-0.3, -0.25) is 4.79 Å². The van der Waals surface area contributed by atoms with Crippen LogP contribution in [0.25, 0.3) is 0 Å². The minimum atomic E-state index is -1.01. The van der Waals surface area contributed by atoms with Crippen LogP contribution in [0.2, 0.25) is 0 Å². The highest BCUT2D eigenvalue weighted by molar-refractivity contribution is 5.80. The summed E-state index contributed by atoms with van der Waals surface area (Å²) in [7, 11) is 1.53. The number of carbonyl (C=O) groups is 2. The van der Waals surface area contributed by atoms with Gasteiger partial charge in [0.2, 0.25) is 0 Å². The average molecular weight is 286 g/mol. The maximum absolute atomic E-state index is 12.1. The van der Waals surface area contributed by atoms with Gasteiger partial charge in [-0.2, -0.15) is 0 Å². The minimum Gasteiger partial charge on any atom is -0.480 e. The summed E-state index contributed by atoms with van der Waals surface area (Å²) < 4.78 is 4.91. The van der Waals surface area contributed by atoms with Gasteiger partial charge in [0.1, 0.15) is 6.54 Å². The highest BCUT2D eigenvalue weighted by atomic mass is 16.5. The predicted octanol–water partition coefficient (Wildman–Crippen LogP) is 1.55. The van der Waals surface area contributed by atoms with Crippen LogP contribution in [0, 0.1) is 11.8 Å². The molecule has 0 spiro atoms. The second-order valence-corrected chi connectivity index (χ2v) is 5.72. The number of aliphatic carboxylic acids is 1. The predicted molar refractivity (Wildman–Crippen MR) is 75.6 cm³/mol. The van der Waals surface area contributed by atoms with E-state index in [1.807, 2.05) is 0 Å². The molecular weight excluding hydrogens is 260 g/mol. The number of methoxy groups -OCH3 is 1. The van der Waals surface area contributed by atoms with Crippen molar-refractivity contribution >= 4 is 12.0 Å². The fourth-order valence-electron chi connectivity index (χ4n) is 2.56. The van der Waals surface area contributed by atoms with Gasteiger partial charge in [-0.05, 0) is 31.1 Å². The monoisotopic (exact) mass is 286 g/mol. The molecule has 0 aromatic carbocycles. The van der Waals surface area contributed by atoms with E-state index in [0.29, 0.717) is 18.4 Å². The highest BCUT2D eigenvalue weighted by Gasteiger charge is 2.27. The Bertz CT molecular complexity index is 335. The summed E-state index contributed by atoms with van der Waals surface area (Å²) in [5.41, 5.74) is 0. The van der Waals surface area contributed by atoms with Crippen LogP contribution in [-0.4, -0.2) is 54.9 Å². The molecule has 1 rings (SSSR count). The third kappa shape index (κ3) is 5.36. The Hall–Kier alpha value is -1.30. The zero-order valence-electron chi connectivity index (χ0n) is 12.6. The number of urea groups is 1. The Balaban J connectivity index is 2.50. The summed E-state index contributed by atoms with van der Waals surface area (Å²) in [6.45, 7) is 4.75. The van der Waals surface area contributed by atoms with Gasteiger partial charge in [-0.15, -0.1) is 0 Å². The van der Waals surface area contributed by atoms with Crippen molar-refractivity contribution in [1.29, 1.82) is 0 Å². The van der Waals surface area contributed by atoms with Gasteiger partial charge in [0.25, 0.3) is 0 Å². The fraction of sp³-hybridized carbons (Fsp3) is 0.857. The lowest BCUT2D eigenvalue weighted by atomic mass is 9.79. The van der Waals surface area contributed by atoms with E-state index < -0.39 is 5.97 Å². The molecule has 0 aromatic rings. The zero-order chi connectivity index (χ0) is 15.1. The van der Waals surface area contributed by atoms with Crippen LogP contribution in [0.1, 0.15) is 33.1 Å². The number of hydrogen-bond donors (Lipinski definition) is 2. The molecule has 1 saturated carbocycles. The number of carboxylic acid groups (broad SMARTS) is 1. The smallest absolute Gasteiger partial charge is 0.323 e. The molecule has 2 N–H and O–H groups in total. The molecule has 0 aromatic heterocycles. The molecule has 6 nitrogen and oxygen atoms in total. The van der Waals surface area contributed by atoms with Crippen LogP contribution in [0.3, 0.4) is 0 Å². The summed E-state index contributed by atoms with van der Waals surface area (Å²) >= 11 is 0. The van der Waals surface area contributed by atoms with E-state index in [4.69, 9.17) is 9.84 Å². The van der Waals surface area contributed by atoms with E-state index in [1.165, 1.54) is 12.0 Å². The van der Waals surface area contributed by atoms with Crippen molar-refractivity contribution in [3.63, 3.8) is 0 Å². The summed E-state index contributed by atoms with van der Waals surface area (Å²) in [4.78, 5) is 24.2. The number of amides is 2.